The quantitative estimate of drug-likeness (QED) is 0.862. The topological polar surface area (TPSA) is 27.1 Å². The number of hydrogen-bond acceptors (Lipinski definition) is 2. The fourth-order valence-corrected chi connectivity index (χ4v) is 1.82. The normalized spacial score (nSPS) is 10.5. The monoisotopic (exact) mass is 294 g/mol. The van der Waals surface area contributed by atoms with Crippen LogP contribution in [0.2, 0.25) is 0 Å². The summed E-state index contributed by atoms with van der Waals surface area (Å²) < 4.78 is 8.69. The molecule has 2 aromatic rings. The smallest absolute Gasteiger partial charge is 0.119 e. The molecule has 0 radical (unpaired) electrons. The maximum absolute atomic E-state index is 5.71. The van der Waals surface area contributed by atoms with Gasteiger partial charge in [-0.05, 0) is 38.1 Å². The molecule has 4 heteroatoms. The molecule has 2 rings (SSSR count). The summed E-state index contributed by atoms with van der Waals surface area (Å²) in [5.41, 5.74) is 2.17. The van der Waals surface area contributed by atoms with Crippen molar-refractivity contribution in [3.05, 3.63) is 46.2 Å². The number of aryl methyl sites for hydroxylation is 2. The Morgan fingerprint density at radius 3 is 2.59 bits per heavy atom. The van der Waals surface area contributed by atoms with E-state index in [2.05, 4.69) is 28.0 Å². The molecule has 0 aliphatic rings. The van der Waals surface area contributed by atoms with Crippen molar-refractivity contribution < 1.29 is 4.74 Å². The molecule has 17 heavy (non-hydrogen) atoms. The van der Waals surface area contributed by atoms with Gasteiger partial charge in [0.1, 0.15) is 12.4 Å². The van der Waals surface area contributed by atoms with Gasteiger partial charge < -0.3 is 4.74 Å². The Morgan fingerprint density at radius 2 is 2.00 bits per heavy atom. The highest BCUT2D eigenvalue weighted by atomic mass is 79.9. The van der Waals surface area contributed by atoms with Gasteiger partial charge in [-0.25, -0.2) is 0 Å². The second-order valence-electron chi connectivity index (χ2n) is 3.84. The molecule has 0 atom stereocenters. The predicted molar refractivity (Wildman–Crippen MR) is 71.1 cm³/mol. The second-order valence-corrected chi connectivity index (χ2v) is 4.75. The van der Waals surface area contributed by atoms with E-state index in [0.717, 1.165) is 28.0 Å². The largest absolute Gasteiger partial charge is 0.489 e. The highest BCUT2D eigenvalue weighted by molar-refractivity contribution is 9.10. The van der Waals surface area contributed by atoms with E-state index in [-0.39, 0.29) is 0 Å². The SMILES string of the molecule is CCn1cc(COc2ccc(Br)cc2)c(C)n1. The standard InChI is InChI=1S/C13H15BrN2O/c1-3-16-8-11(10(2)15-16)9-17-13-6-4-12(14)5-7-13/h4-8H,3,9H2,1-2H3. The Balaban J connectivity index is 2.01. The molecule has 0 N–H and O–H groups in total. The molecule has 0 unspecified atom stereocenters. The molecule has 0 amide bonds. The molecule has 0 bridgehead atoms. The summed E-state index contributed by atoms with van der Waals surface area (Å²) in [6.45, 7) is 5.53. The molecule has 1 aromatic heterocycles. The lowest BCUT2D eigenvalue weighted by Crippen LogP contribution is -1.95. The zero-order chi connectivity index (χ0) is 12.3. The maximum atomic E-state index is 5.71. The summed E-state index contributed by atoms with van der Waals surface area (Å²) in [5, 5.41) is 4.38. The lowest BCUT2D eigenvalue weighted by atomic mass is 10.3. The molecule has 0 fully saturated rings. The number of nitrogens with zero attached hydrogens (tertiary/aromatic N) is 2. The fraction of sp³-hybridized carbons (Fsp3) is 0.308. The van der Waals surface area contributed by atoms with Gasteiger partial charge in [-0.3, -0.25) is 4.68 Å². The fourth-order valence-electron chi connectivity index (χ4n) is 1.55. The molecule has 3 nitrogen and oxygen atoms in total. The van der Waals surface area contributed by atoms with Gasteiger partial charge in [-0.15, -0.1) is 0 Å². The molecule has 0 aliphatic carbocycles. The van der Waals surface area contributed by atoms with Crippen LogP contribution in [0.5, 0.6) is 5.75 Å². The van der Waals surface area contributed by atoms with Crippen molar-refractivity contribution in [2.45, 2.75) is 27.0 Å². The molecule has 0 saturated heterocycles. The Kier molecular flexibility index (Phi) is 3.84. The van der Waals surface area contributed by atoms with Crippen molar-refractivity contribution in [1.82, 2.24) is 9.78 Å². The van der Waals surface area contributed by atoms with Crippen LogP contribution in [0.3, 0.4) is 0 Å². The second kappa shape index (κ2) is 5.36. The Labute approximate surface area is 110 Å². The van der Waals surface area contributed by atoms with Gasteiger partial charge in [-0.1, -0.05) is 15.9 Å². The van der Waals surface area contributed by atoms with E-state index in [4.69, 9.17) is 4.74 Å². The van der Waals surface area contributed by atoms with Crippen LogP contribution in [0, 0.1) is 6.92 Å². The average molecular weight is 295 g/mol. The molecular weight excluding hydrogens is 280 g/mol. The van der Waals surface area contributed by atoms with E-state index in [1.807, 2.05) is 42.1 Å². The van der Waals surface area contributed by atoms with Crippen LogP contribution in [0.25, 0.3) is 0 Å². The zero-order valence-electron chi connectivity index (χ0n) is 9.98. The van der Waals surface area contributed by atoms with Crippen LogP contribution in [-0.4, -0.2) is 9.78 Å². The van der Waals surface area contributed by atoms with E-state index < -0.39 is 0 Å². The summed E-state index contributed by atoms with van der Waals surface area (Å²) in [4.78, 5) is 0. The van der Waals surface area contributed by atoms with Crippen molar-refractivity contribution in [2.75, 3.05) is 0 Å². The first-order valence-electron chi connectivity index (χ1n) is 5.60. The zero-order valence-corrected chi connectivity index (χ0v) is 11.6. The summed E-state index contributed by atoms with van der Waals surface area (Å²) in [5.74, 6) is 0.872. The predicted octanol–water partition coefficient (Wildman–Crippen LogP) is 3.55. The Bertz CT molecular complexity index is 491. The minimum absolute atomic E-state index is 0.563. The van der Waals surface area contributed by atoms with Gasteiger partial charge >= 0.3 is 0 Å². The summed E-state index contributed by atoms with van der Waals surface area (Å²) in [6.07, 6.45) is 2.04. The van der Waals surface area contributed by atoms with Crippen LogP contribution < -0.4 is 4.74 Å². The van der Waals surface area contributed by atoms with Crippen molar-refractivity contribution in [2.24, 2.45) is 0 Å². The van der Waals surface area contributed by atoms with Gasteiger partial charge in [0.15, 0.2) is 0 Å². The minimum atomic E-state index is 0.563. The minimum Gasteiger partial charge on any atom is -0.489 e. The lowest BCUT2D eigenvalue weighted by molar-refractivity contribution is 0.305. The number of benzene rings is 1. The van der Waals surface area contributed by atoms with E-state index >= 15 is 0 Å². The van der Waals surface area contributed by atoms with E-state index in [0.29, 0.717) is 6.61 Å². The third-order valence-corrected chi connectivity index (χ3v) is 3.11. The number of aromatic nitrogens is 2. The van der Waals surface area contributed by atoms with Crippen LogP contribution >= 0.6 is 15.9 Å². The molecular formula is C13H15BrN2O. The molecule has 1 aromatic carbocycles. The number of hydrogen-bond donors (Lipinski definition) is 0. The Morgan fingerprint density at radius 1 is 1.29 bits per heavy atom. The van der Waals surface area contributed by atoms with Crippen molar-refractivity contribution in [3.8, 4) is 5.75 Å². The average Bonchev–Trinajstić information content (AvgIpc) is 2.69. The maximum Gasteiger partial charge on any atom is 0.119 e. The van der Waals surface area contributed by atoms with Crippen LogP contribution in [0.1, 0.15) is 18.2 Å². The van der Waals surface area contributed by atoms with Gasteiger partial charge in [0, 0.05) is 22.8 Å². The van der Waals surface area contributed by atoms with E-state index in [1.165, 1.54) is 0 Å². The molecule has 0 spiro atoms. The highest BCUT2D eigenvalue weighted by Crippen LogP contribution is 2.18. The van der Waals surface area contributed by atoms with Gasteiger partial charge in [-0.2, -0.15) is 5.10 Å². The number of rotatable bonds is 4. The first kappa shape index (κ1) is 12.2. The van der Waals surface area contributed by atoms with Gasteiger partial charge in [0.05, 0.1) is 5.69 Å². The first-order valence-corrected chi connectivity index (χ1v) is 6.39. The van der Waals surface area contributed by atoms with Crippen LogP contribution in [0.4, 0.5) is 0 Å². The third kappa shape index (κ3) is 3.09. The number of ether oxygens (including phenoxy) is 1. The lowest BCUT2D eigenvalue weighted by Gasteiger charge is -2.04. The van der Waals surface area contributed by atoms with Crippen LogP contribution in [0.15, 0.2) is 34.9 Å². The van der Waals surface area contributed by atoms with Gasteiger partial charge in [0.2, 0.25) is 0 Å². The van der Waals surface area contributed by atoms with Gasteiger partial charge in [0.25, 0.3) is 0 Å². The summed E-state index contributed by atoms with van der Waals surface area (Å²) in [6, 6.07) is 7.84. The van der Waals surface area contributed by atoms with E-state index in [1.54, 1.807) is 0 Å². The molecule has 1 heterocycles. The highest BCUT2D eigenvalue weighted by Gasteiger charge is 2.04. The number of halogens is 1. The first-order chi connectivity index (χ1) is 8.19. The van der Waals surface area contributed by atoms with Crippen molar-refractivity contribution in [1.29, 1.82) is 0 Å². The van der Waals surface area contributed by atoms with E-state index in [9.17, 15) is 0 Å². The van der Waals surface area contributed by atoms with Crippen LogP contribution in [-0.2, 0) is 13.2 Å². The molecule has 0 aliphatic heterocycles. The van der Waals surface area contributed by atoms with Crippen molar-refractivity contribution >= 4 is 15.9 Å². The Hall–Kier alpha value is -1.29. The third-order valence-electron chi connectivity index (χ3n) is 2.58. The molecule has 90 valence electrons. The summed E-state index contributed by atoms with van der Waals surface area (Å²) in [7, 11) is 0. The van der Waals surface area contributed by atoms with Crippen molar-refractivity contribution in [3.63, 3.8) is 0 Å². The summed E-state index contributed by atoms with van der Waals surface area (Å²) >= 11 is 3.40. The molecule has 0 saturated carbocycles.